The van der Waals surface area contributed by atoms with Gasteiger partial charge in [-0.15, -0.1) is 0 Å². The fourth-order valence-corrected chi connectivity index (χ4v) is 1.32. The predicted molar refractivity (Wildman–Crippen MR) is 59.7 cm³/mol. The van der Waals surface area contributed by atoms with Crippen LogP contribution >= 0.6 is 0 Å². The minimum Gasteiger partial charge on any atom is -0.386 e. The van der Waals surface area contributed by atoms with Gasteiger partial charge in [-0.3, -0.25) is 10.3 Å². The zero-order chi connectivity index (χ0) is 11.1. The van der Waals surface area contributed by atoms with E-state index < -0.39 is 0 Å². The number of nitrogens with two attached hydrogens (primary N) is 1. The van der Waals surface area contributed by atoms with Gasteiger partial charge in [0.1, 0.15) is 5.84 Å². The third-order valence-corrected chi connectivity index (χ3v) is 2.18. The summed E-state index contributed by atoms with van der Waals surface area (Å²) in [5.74, 6) is 0.801. The van der Waals surface area contributed by atoms with Gasteiger partial charge in [0.25, 0.3) is 0 Å². The fourth-order valence-electron chi connectivity index (χ4n) is 1.32. The molecule has 14 heavy (non-hydrogen) atoms. The standard InChI is InChI=1S/C10H23N3O/c1-8(2)7-13(5-6-14-4)9(3)10(11)12/h8-9H,5-7H2,1-4H3,(H3,11,12). The van der Waals surface area contributed by atoms with E-state index >= 15 is 0 Å². The minimum atomic E-state index is 0.00699. The van der Waals surface area contributed by atoms with Gasteiger partial charge in [0.2, 0.25) is 0 Å². The number of nitrogens with one attached hydrogen (secondary N) is 1. The number of rotatable bonds is 7. The second-order valence-electron chi connectivity index (χ2n) is 4.01. The molecule has 0 fully saturated rings. The van der Waals surface area contributed by atoms with Gasteiger partial charge in [0.05, 0.1) is 12.6 Å². The molecule has 0 aromatic carbocycles. The molecule has 3 N–H and O–H groups in total. The molecule has 0 rings (SSSR count). The molecule has 0 saturated heterocycles. The van der Waals surface area contributed by atoms with Crippen LogP contribution in [0.25, 0.3) is 0 Å². The van der Waals surface area contributed by atoms with Crippen LogP contribution in [0.1, 0.15) is 20.8 Å². The van der Waals surface area contributed by atoms with E-state index in [1.165, 1.54) is 0 Å². The van der Waals surface area contributed by atoms with Crippen molar-refractivity contribution in [2.75, 3.05) is 26.8 Å². The predicted octanol–water partition coefficient (Wildman–Crippen LogP) is 0.915. The van der Waals surface area contributed by atoms with Crippen molar-refractivity contribution < 1.29 is 4.74 Å². The SMILES string of the molecule is COCCN(CC(C)C)C(C)C(=N)N. The molecule has 0 bridgehead atoms. The third-order valence-electron chi connectivity index (χ3n) is 2.18. The number of amidine groups is 1. The van der Waals surface area contributed by atoms with Crippen LogP contribution in [0.3, 0.4) is 0 Å². The fraction of sp³-hybridized carbons (Fsp3) is 0.900. The van der Waals surface area contributed by atoms with Crippen molar-refractivity contribution in [3.05, 3.63) is 0 Å². The monoisotopic (exact) mass is 201 g/mol. The molecule has 0 aliphatic carbocycles. The van der Waals surface area contributed by atoms with Gasteiger partial charge in [-0.2, -0.15) is 0 Å². The van der Waals surface area contributed by atoms with E-state index in [0.29, 0.717) is 12.5 Å². The minimum absolute atomic E-state index is 0.00699. The molecular formula is C10H23N3O. The molecule has 0 radical (unpaired) electrons. The van der Waals surface area contributed by atoms with Crippen molar-refractivity contribution >= 4 is 5.84 Å². The first-order valence-corrected chi connectivity index (χ1v) is 5.06. The van der Waals surface area contributed by atoms with E-state index in [0.717, 1.165) is 13.1 Å². The largest absolute Gasteiger partial charge is 0.386 e. The van der Waals surface area contributed by atoms with Crippen molar-refractivity contribution in [2.24, 2.45) is 11.7 Å². The van der Waals surface area contributed by atoms with E-state index in [1.807, 2.05) is 6.92 Å². The van der Waals surface area contributed by atoms with E-state index in [9.17, 15) is 0 Å². The Bertz CT molecular complexity index is 171. The number of hydrogen-bond acceptors (Lipinski definition) is 3. The van der Waals surface area contributed by atoms with Crippen LogP contribution in [-0.4, -0.2) is 43.6 Å². The van der Waals surface area contributed by atoms with Crippen LogP contribution in [0.15, 0.2) is 0 Å². The van der Waals surface area contributed by atoms with Gasteiger partial charge in [0.15, 0.2) is 0 Å². The van der Waals surface area contributed by atoms with Gasteiger partial charge < -0.3 is 10.5 Å². The first-order valence-electron chi connectivity index (χ1n) is 5.06. The molecule has 84 valence electrons. The van der Waals surface area contributed by atoms with Gasteiger partial charge in [0, 0.05) is 20.2 Å². The summed E-state index contributed by atoms with van der Waals surface area (Å²) >= 11 is 0. The van der Waals surface area contributed by atoms with Gasteiger partial charge in [-0.1, -0.05) is 13.8 Å². The normalized spacial score (nSPS) is 13.6. The van der Waals surface area contributed by atoms with E-state index in [4.69, 9.17) is 15.9 Å². The highest BCUT2D eigenvalue weighted by Crippen LogP contribution is 2.04. The zero-order valence-electron chi connectivity index (χ0n) is 9.71. The highest BCUT2D eigenvalue weighted by atomic mass is 16.5. The molecule has 0 aliphatic heterocycles. The molecule has 4 heteroatoms. The van der Waals surface area contributed by atoms with Gasteiger partial charge >= 0.3 is 0 Å². The van der Waals surface area contributed by atoms with Crippen molar-refractivity contribution in [1.82, 2.24) is 4.90 Å². The summed E-state index contributed by atoms with van der Waals surface area (Å²) in [5, 5.41) is 7.41. The summed E-state index contributed by atoms with van der Waals surface area (Å²) < 4.78 is 5.03. The summed E-state index contributed by atoms with van der Waals surface area (Å²) in [4.78, 5) is 2.18. The molecule has 4 nitrogen and oxygen atoms in total. The van der Waals surface area contributed by atoms with Crippen molar-refractivity contribution in [3.63, 3.8) is 0 Å². The van der Waals surface area contributed by atoms with Crippen molar-refractivity contribution in [1.29, 1.82) is 5.41 Å². The van der Waals surface area contributed by atoms with E-state index in [-0.39, 0.29) is 11.9 Å². The molecule has 0 aromatic rings. The average Bonchev–Trinajstić information content (AvgIpc) is 2.10. The number of nitrogens with zero attached hydrogens (tertiary/aromatic N) is 1. The third kappa shape index (κ3) is 5.19. The summed E-state index contributed by atoms with van der Waals surface area (Å²) in [5.41, 5.74) is 5.49. The lowest BCUT2D eigenvalue weighted by molar-refractivity contribution is 0.132. The Morgan fingerprint density at radius 1 is 1.43 bits per heavy atom. The lowest BCUT2D eigenvalue weighted by Gasteiger charge is -2.29. The van der Waals surface area contributed by atoms with Gasteiger partial charge in [-0.05, 0) is 12.8 Å². The molecule has 0 heterocycles. The molecule has 0 spiro atoms. The first-order chi connectivity index (χ1) is 6.49. The summed E-state index contributed by atoms with van der Waals surface area (Å²) in [7, 11) is 1.69. The molecule has 0 saturated carbocycles. The maximum atomic E-state index is 7.41. The summed E-state index contributed by atoms with van der Waals surface area (Å²) in [6.45, 7) is 8.74. The highest BCUT2D eigenvalue weighted by molar-refractivity contribution is 5.82. The Morgan fingerprint density at radius 2 is 2.00 bits per heavy atom. The maximum Gasteiger partial charge on any atom is 0.108 e. The topological polar surface area (TPSA) is 62.3 Å². The lowest BCUT2D eigenvalue weighted by atomic mass is 10.1. The maximum absolute atomic E-state index is 7.41. The first kappa shape index (κ1) is 13.4. The molecule has 0 aromatic heterocycles. The Balaban J connectivity index is 4.15. The number of hydrogen-bond donors (Lipinski definition) is 2. The zero-order valence-corrected chi connectivity index (χ0v) is 9.71. The summed E-state index contributed by atoms with van der Waals surface area (Å²) in [6, 6.07) is 0.00699. The Hall–Kier alpha value is -0.610. The van der Waals surface area contributed by atoms with Crippen LogP contribution in [0.4, 0.5) is 0 Å². The van der Waals surface area contributed by atoms with Crippen LogP contribution in [-0.2, 0) is 4.74 Å². The second kappa shape index (κ2) is 6.79. The highest BCUT2D eigenvalue weighted by Gasteiger charge is 2.16. The van der Waals surface area contributed by atoms with Crippen molar-refractivity contribution in [2.45, 2.75) is 26.8 Å². The Morgan fingerprint density at radius 3 is 2.36 bits per heavy atom. The molecular weight excluding hydrogens is 178 g/mol. The smallest absolute Gasteiger partial charge is 0.108 e. The Kier molecular flexibility index (Phi) is 6.49. The van der Waals surface area contributed by atoms with E-state index in [2.05, 4.69) is 18.7 Å². The number of ether oxygens (including phenoxy) is 1. The average molecular weight is 201 g/mol. The van der Waals surface area contributed by atoms with Crippen LogP contribution < -0.4 is 5.73 Å². The second-order valence-corrected chi connectivity index (χ2v) is 4.01. The number of methoxy groups -OCH3 is 1. The molecule has 0 amide bonds. The van der Waals surface area contributed by atoms with Crippen molar-refractivity contribution in [3.8, 4) is 0 Å². The van der Waals surface area contributed by atoms with Crippen LogP contribution in [0.5, 0.6) is 0 Å². The molecule has 0 aliphatic rings. The van der Waals surface area contributed by atoms with E-state index in [1.54, 1.807) is 7.11 Å². The Labute approximate surface area is 86.9 Å². The van der Waals surface area contributed by atoms with Crippen LogP contribution in [0, 0.1) is 11.3 Å². The van der Waals surface area contributed by atoms with Gasteiger partial charge in [-0.25, -0.2) is 0 Å². The lowest BCUT2D eigenvalue weighted by Crippen LogP contribution is -2.45. The quantitative estimate of drug-likeness (QED) is 0.475. The summed E-state index contributed by atoms with van der Waals surface area (Å²) in [6.07, 6.45) is 0. The molecule has 1 unspecified atom stereocenters. The molecule has 1 atom stereocenters. The van der Waals surface area contributed by atoms with Crippen LogP contribution in [0.2, 0.25) is 0 Å².